The number of hydrogen-bond donors (Lipinski definition) is 4. The molecule has 1 amide bonds. The maximum absolute atomic E-state index is 12.5. The van der Waals surface area contributed by atoms with Gasteiger partial charge in [-0.3, -0.25) is 9.59 Å². The number of carbonyl (C=O) groups is 2. The van der Waals surface area contributed by atoms with Crippen LogP contribution >= 0.6 is 11.6 Å². The molecule has 0 saturated heterocycles. The SMILES string of the molecule is CC(CO)(C[C@@H](Cc1ccc(-c2cccc(Cl)c2)cc1)NC(=O)c1cn[nH]n1)C(=O)O. The average molecular weight is 443 g/mol. The lowest BCUT2D eigenvalue weighted by Crippen LogP contribution is -2.44. The third-order valence-electron chi connectivity index (χ3n) is 5.14. The van der Waals surface area contributed by atoms with Crippen molar-refractivity contribution < 1.29 is 19.8 Å². The van der Waals surface area contributed by atoms with Crippen molar-refractivity contribution >= 4 is 23.5 Å². The van der Waals surface area contributed by atoms with Crippen molar-refractivity contribution in [2.75, 3.05) is 6.61 Å². The molecule has 162 valence electrons. The van der Waals surface area contributed by atoms with Crippen LogP contribution in [0.3, 0.4) is 0 Å². The molecule has 0 bridgehead atoms. The Bertz CT molecular complexity index is 1040. The van der Waals surface area contributed by atoms with Gasteiger partial charge in [-0.1, -0.05) is 48.0 Å². The third kappa shape index (κ3) is 5.68. The smallest absolute Gasteiger partial charge is 0.311 e. The summed E-state index contributed by atoms with van der Waals surface area (Å²) >= 11 is 6.07. The van der Waals surface area contributed by atoms with Crippen LogP contribution in [0.2, 0.25) is 5.02 Å². The quantitative estimate of drug-likeness (QED) is 0.403. The Balaban J connectivity index is 1.80. The second-order valence-electron chi connectivity index (χ2n) is 7.67. The molecule has 2 aromatic carbocycles. The number of carbonyl (C=O) groups excluding carboxylic acids is 1. The first-order valence-electron chi connectivity index (χ1n) is 9.66. The highest BCUT2D eigenvalue weighted by atomic mass is 35.5. The molecule has 31 heavy (non-hydrogen) atoms. The number of aromatic amines is 1. The van der Waals surface area contributed by atoms with Gasteiger partial charge in [-0.25, -0.2) is 0 Å². The van der Waals surface area contributed by atoms with Gasteiger partial charge in [-0.05, 0) is 48.6 Å². The van der Waals surface area contributed by atoms with Gasteiger partial charge in [0.2, 0.25) is 0 Å². The van der Waals surface area contributed by atoms with E-state index in [1.165, 1.54) is 13.1 Å². The molecule has 0 spiro atoms. The molecule has 0 aliphatic heterocycles. The van der Waals surface area contributed by atoms with E-state index >= 15 is 0 Å². The van der Waals surface area contributed by atoms with E-state index in [1.807, 2.05) is 48.5 Å². The van der Waals surface area contributed by atoms with E-state index < -0.39 is 29.9 Å². The van der Waals surface area contributed by atoms with Crippen LogP contribution in [0.4, 0.5) is 0 Å². The van der Waals surface area contributed by atoms with E-state index in [2.05, 4.69) is 20.7 Å². The molecule has 4 N–H and O–H groups in total. The molecular weight excluding hydrogens is 420 g/mol. The van der Waals surface area contributed by atoms with Crippen molar-refractivity contribution in [1.29, 1.82) is 0 Å². The number of aliphatic carboxylic acids is 1. The largest absolute Gasteiger partial charge is 0.481 e. The summed E-state index contributed by atoms with van der Waals surface area (Å²) < 4.78 is 0. The predicted molar refractivity (Wildman–Crippen MR) is 116 cm³/mol. The van der Waals surface area contributed by atoms with E-state index in [0.29, 0.717) is 11.4 Å². The van der Waals surface area contributed by atoms with E-state index in [4.69, 9.17) is 11.6 Å². The van der Waals surface area contributed by atoms with E-state index in [0.717, 1.165) is 16.7 Å². The first-order chi connectivity index (χ1) is 14.8. The highest BCUT2D eigenvalue weighted by Gasteiger charge is 2.36. The number of halogens is 1. The molecule has 2 atom stereocenters. The molecule has 9 heteroatoms. The minimum absolute atomic E-state index is 0.0401. The molecule has 3 rings (SSSR count). The Hall–Kier alpha value is -3.23. The van der Waals surface area contributed by atoms with Gasteiger partial charge < -0.3 is 15.5 Å². The fourth-order valence-electron chi connectivity index (χ4n) is 3.29. The van der Waals surface area contributed by atoms with Crippen molar-refractivity contribution in [2.45, 2.75) is 25.8 Å². The molecule has 0 fully saturated rings. The molecule has 3 aromatic rings. The van der Waals surface area contributed by atoms with Gasteiger partial charge in [0.25, 0.3) is 5.91 Å². The monoisotopic (exact) mass is 442 g/mol. The molecule has 0 radical (unpaired) electrons. The second kappa shape index (κ2) is 9.72. The number of nitrogens with one attached hydrogen (secondary N) is 2. The molecule has 1 unspecified atom stereocenters. The zero-order valence-corrected chi connectivity index (χ0v) is 17.6. The molecule has 0 aliphatic carbocycles. The average Bonchev–Trinajstić information content (AvgIpc) is 3.29. The van der Waals surface area contributed by atoms with E-state index in [-0.39, 0.29) is 12.1 Å². The highest BCUT2D eigenvalue weighted by Crippen LogP contribution is 2.26. The molecule has 0 aliphatic rings. The Morgan fingerprint density at radius 2 is 1.94 bits per heavy atom. The van der Waals surface area contributed by atoms with Crippen molar-refractivity contribution in [3.05, 3.63) is 71.0 Å². The molecular formula is C22H23ClN4O4. The maximum atomic E-state index is 12.5. The number of carboxylic acids is 1. The van der Waals surface area contributed by atoms with Gasteiger partial charge in [0.15, 0.2) is 5.69 Å². The van der Waals surface area contributed by atoms with Gasteiger partial charge in [0.1, 0.15) is 0 Å². The fourth-order valence-corrected chi connectivity index (χ4v) is 3.48. The van der Waals surface area contributed by atoms with Crippen LogP contribution in [-0.4, -0.2) is 50.1 Å². The van der Waals surface area contributed by atoms with Gasteiger partial charge in [-0.2, -0.15) is 15.4 Å². The lowest BCUT2D eigenvalue weighted by Gasteiger charge is -2.28. The molecule has 8 nitrogen and oxygen atoms in total. The summed E-state index contributed by atoms with van der Waals surface area (Å²) in [4.78, 5) is 24.1. The number of benzene rings is 2. The van der Waals surface area contributed by atoms with Crippen molar-refractivity contribution in [2.24, 2.45) is 5.41 Å². The lowest BCUT2D eigenvalue weighted by molar-refractivity contribution is -0.151. The van der Waals surface area contributed by atoms with Gasteiger partial charge in [-0.15, -0.1) is 0 Å². The molecule has 1 aromatic heterocycles. The first kappa shape index (κ1) is 22.5. The number of aromatic nitrogens is 3. The summed E-state index contributed by atoms with van der Waals surface area (Å²) in [6.07, 6.45) is 1.70. The summed E-state index contributed by atoms with van der Waals surface area (Å²) in [6, 6.07) is 14.7. The number of nitrogens with zero attached hydrogens (tertiary/aromatic N) is 2. The highest BCUT2D eigenvalue weighted by molar-refractivity contribution is 6.30. The predicted octanol–water partition coefficient (Wildman–Crippen LogP) is 2.94. The molecule has 1 heterocycles. The third-order valence-corrected chi connectivity index (χ3v) is 5.37. The topological polar surface area (TPSA) is 128 Å². The summed E-state index contributed by atoms with van der Waals surface area (Å²) in [7, 11) is 0. The van der Waals surface area contributed by atoms with E-state index in [9.17, 15) is 19.8 Å². The van der Waals surface area contributed by atoms with Crippen LogP contribution in [0.25, 0.3) is 11.1 Å². The zero-order valence-electron chi connectivity index (χ0n) is 16.9. The van der Waals surface area contributed by atoms with Gasteiger partial charge >= 0.3 is 5.97 Å². The Labute approximate surface area is 184 Å². The first-order valence-corrected chi connectivity index (χ1v) is 10.0. The van der Waals surface area contributed by atoms with Gasteiger partial charge in [0, 0.05) is 11.1 Å². The Morgan fingerprint density at radius 3 is 2.52 bits per heavy atom. The van der Waals surface area contributed by atoms with Crippen LogP contribution in [0.1, 0.15) is 29.4 Å². The normalized spacial score (nSPS) is 13.9. The van der Waals surface area contributed by atoms with E-state index in [1.54, 1.807) is 0 Å². The number of amides is 1. The lowest BCUT2D eigenvalue weighted by atomic mass is 9.82. The second-order valence-corrected chi connectivity index (χ2v) is 8.10. The number of aliphatic hydroxyl groups excluding tert-OH is 1. The summed E-state index contributed by atoms with van der Waals surface area (Å²) in [5, 5.41) is 32.4. The number of H-pyrrole nitrogens is 1. The van der Waals surface area contributed by atoms with Gasteiger partial charge in [0.05, 0.1) is 18.2 Å². The van der Waals surface area contributed by atoms with Crippen LogP contribution < -0.4 is 5.32 Å². The number of hydrogen-bond acceptors (Lipinski definition) is 5. The Morgan fingerprint density at radius 1 is 1.19 bits per heavy atom. The van der Waals surface area contributed by atoms with Crippen molar-refractivity contribution in [1.82, 2.24) is 20.7 Å². The van der Waals surface area contributed by atoms with Crippen LogP contribution in [0.5, 0.6) is 0 Å². The zero-order chi connectivity index (χ0) is 22.4. The molecule has 0 saturated carbocycles. The summed E-state index contributed by atoms with van der Waals surface area (Å²) in [6.45, 7) is 0.902. The standard InChI is InChI=1S/C22H23ClN4O4/c1-22(13-28,21(30)31)11-18(25-20(29)19-12-24-27-26-19)9-14-5-7-15(8-6-14)16-3-2-4-17(23)10-16/h2-8,10,12,18,28H,9,11,13H2,1H3,(H,25,29)(H,30,31)(H,24,26,27)/t18-,22?/m1/s1. The van der Waals surface area contributed by atoms with Crippen LogP contribution in [0.15, 0.2) is 54.7 Å². The summed E-state index contributed by atoms with van der Waals surface area (Å²) in [5.41, 5.74) is 1.57. The number of rotatable bonds is 9. The number of aliphatic hydroxyl groups is 1. The van der Waals surface area contributed by atoms with Crippen LogP contribution in [-0.2, 0) is 11.2 Å². The summed E-state index contributed by atoms with van der Waals surface area (Å²) in [5.74, 6) is -1.60. The number of carboxylic acid groups (broad SMARTS) is 1. The minimum atomic E-state index is -1.40. The van der Waals surface area contributed by atoms with Crippen LogP contribution in [0, 0.1) is 5.41 Å². The minimum Gasteiger partial charge on any atom is -0.481 e. The van der Waals surface area contributed by atoms with Crippen molar-refractivity contribution in [3.8, 4) is 11.1 Å². The van der Waals surface area contributed by atoms with Crippen molar-refractivity contribution in [3.63, 3.8) is 0 Å². The maximum Gasteiger partial charge on any atom is 0.311 e. The Kier molecular flexibility index (Phi) is 7.04. The fraction of sp³-hybridized carbons (Fsp3) is 0.273.